The maximum atomic E-state index is 12.3. The SMILES string of the molecule is CC(Sc1nnc(-c2cccc(Cl)c2)o1)C(=O)Nc1ccc(Br)cc1. The molecule has 1 unspecified atom stereocenters. The standard InChI is InChI=1S/C17H13BrClN3O2S/c1-10(15(23)20-14-7-5-12(18)6-8-14)25-17-22-21-16(24-17)11-3-2-4-13(19)9-11/h2-10H,1H3,(H,20,23). The number of halogens is 2. The van der Waals surface area contributed by atoms with E-state index < -0.39 is 5.25 Å². The number of benzene rings is 2. The fourth-order valence-corrected chi connectivity index (χ4v) is 3.12. The number of aromatic nitrogens is 2. The minimum atomic E-state index is -0.392. The fraction of sp³-hybridized carbons (Fsp3) is 0.118. The van der Waals surface area contributed by atoms with E-state index in [0.717, 1.165) is 15.7 Å². The third kappa shape index (κ3) is 4.84. The van der Waals surface area contributed by atoms with Gasteiger partial charge in [0.1, 0.15) is 0 Å². The van der Waals surface area contributed by atoms with Gasteiger partial charge in [0.2, 0.25) is 11.8 Å². The van der Waals surface area contributed by atoms with Crippen LogP contribution in [0.4, 0.5) is 5.69 Å². The molecule has 5 nitrogen and oxygen atoms in total. The predicted octanol–water partition coefficient (Wildman–Crippen LogP) is 5.27. The van der Waals surface area contributed by atoms with Crippen LogP contribution in [0.2, 0.25) is 5.02 Å². The fourth-order valence-electron chi connectivity index (χ4n) is 1.98. The van der Waals surface area contributed by atoms with Crippen LogP contribution in [0.25, 0.3) is 11.5 Å². The van der Waals surface area contributed by atoms with Gasteiger partial charge < -0.3 is 9.73 Å². The van der Waals surface area contributed by atoms with Gasteiger partial charge in [-0.3, -0.25) is 4.79 Å². The molecule has 0 fully saturated rings. The van der Waals surface area contributed by atoms with Crippen molar-refractivity contribution in [3.63, 3.8) is 0 Å². The summed E-state index contributed by atoms with van der Waals surface area (Å²) in [5.41, 5.74) is 1.46. The zero-order chi connectivity index (χ0) is 17.8. The maximum Gasteiger partial charge on any atom is 0.277 e. The van der Waals surface area contributed by atoms with Gasteiger partial charge in [-0.15, -0.1) is 10.2 Å². The molecular weight excluding hydrogens is 426 g/mol. The molecule has 0 saturated carbocycles. The maximum absolute atomic E-state index is 12.3. The van der Waals surface area contributed by atoms with Crippen LogP contribution in [0.15, 0.2) is 62.6 Å². The van der Waals surface area contributed by atoms with E-state index in [1.165, 1.54) is 11.8 Å². The van der Waals surface area contributed by atoms with Crippen LogP contribution in [-0.2, 0) is 4.79 Å². The van der Waals surface area contributed by atoms with E-state index in [1.54, 1.807) is 19.1 Å². The first kappa shape index (κ1) is 18.0. The number of anilines is 1. The molecule has 0 bridgehead atoms. The van der Waals surface area contributed by atoms with Gasteiger partial charge >= 0.3 is 0 Å². The first-order valence-corrected chi connectivity index (χ1v) is 9.39. The summed E-state index contributed by atoms with van der Waals surface area (Å²) >= 11 is 10.5. The molecule has 3 aromatic rings. The van der Waals surface area contributed by atoms with Gasteiger partial charge in [0, 0.05) is 20.7 Å². The number of nitrogens with one attached hydrogen (secondary N) is 1. The van der Waals surface area contributed by atoms with Crippen LogP contribution in [0, 0.1) is 0 Å². The molecule has 128 valence electrons. The second kappa shape index (κ2) is 8.03. The Kier molecular flexibility index (Phi) is 5.78. The van der Waals surface area contributed by atoms with Crippen LogP contribution >= 0.6 is 39.3 Å². The van der Waals surface area contributed by atoms with Gasteiger partial charge in [-0.05, 0) is 49.4 Å². The smallest absolute Gasteiger partial charge is 0.277 e. The summed E-state index contributed by atoms with van der Waals surface area (Å²) in [6, 6.07) is 14.5. The van der Waals surface area contributed by atoms with Crippen molar-refractivity contribution in [2.45, 2.75) is 17.4 Å². The molecule has 2 aromatic carbocycles. The Morgan fingerprint density at radius 3 is 2.72 bits per heavy atom. The molecule has 0 aliphatic heterocycles. The van der Waals surface area contributed by atoms with Crippen LogP contribution in [0.5, 0.6) is 0 Å². The molecule has 0 aliphatic carbocycles. The minimum absolute atomic E-state index is 0.144. The minimum Gasteiger partial charge on any atom is -0.411 e. The highest BCUT2D eigenvalue weighted by Crippen LogP contribution is 2.28. The Hall–Kier alpha value is -1.83. The average molecular weight is 439 g/mol. The first-order chi connectivity index (χ1) is 12.0. The lowest BCUT2D eigenvalue weighted by Gasteiger charge is -2.09. The first-order valence-electron chi connectivity index (χ1n) is 7.34. The second-order valence-electron chi connectivity index (χ2n) is 5.14. The van der Waals surface area contributed by atoms with Crippen molar-refractivity contribution in [2.24, 2.45) is 0 Å². The van der Waals surface area contributed by atoms with E-state index in [-0.39, 0.29) is 5.91 Å². The van der Waals surface area contributed by atoms with Gasteiger partial charge in [-0.25, -0.2) is 0 Å². The Balaban J connectivity index is 1.64. The van der Waals surface area contributed by atoms with Gasteiger partial charge in [0.25, 0.3) is 5.22 Å². The second-order valence-corrected chi connectivity index (χ2v) is 7.78. The summed E-state index contributed by atoms with van der Waals surface area (Å²) in [5.74, 6) is 0.223. The van der Waals surface area contributed by atoms with E-state index in [1.807, 2.05) is 36.4 Å². The molecule has 1 atom stereocenters. The number of rotatable bonds is 5. The Labute approximate surface area is 162 Å². The van der Waals surface area contributed by atoms with Crippen molar-refractivity contribution in [1.29, 1.82) is 0 Å². The Morgan fingerprint density at radius 2 is 2.00 bits per heavy atom. The van der Waals surface area contributed by atoms with Crippen molar-refractivity contribution in [2.75, 3.05) is 5.32 Å². The van der Waals surface area contributed by atoms with Crippen molar-refractivity contribution in [3.8, 4) is 11.5 Å². The molecule has 3 rings (SSSR count). The number of carbonyl (C=O) groups is 1. The molecule has 1 heterocycles. The number of amides is 1. The van der Waals surface area contributed by atoms with E-state index in [2.05, 4.69) is 31.4 Å². The highest BCUT2D eigenvalue weighted by molar-refractivity contribution is 9.10. The normalized spacial score (nSPS) is 12.0. The van der Waals surface area contributed by atoms with Gasteiger partial charge in [0.15, 0.2) is 0 Å². The molecule has 1 N–H and O–H groups in total. The van der Waals surface area contributed by atoms with Crippen molar-refractivity contribution < 1.29 is 9.21 Å². The van der Waals surface area contributed by atoms with Gasteiger partial charge in [-0.1, -0.05) is 45.4 Å². The molecule has 0 spiro atoms. The number of thioether (sulfide) groups is 1. The van der Waals surface area contributed by atoms with Crippen molar-refractivity contribution in [1.82, 2.24) is 10.2 Å². The topological polar surface area (TPSA) is 68.0 Å². The van der Waals surface area contributed by atoms with Crippen molar-refractivity contribution >= 4 is 50.9 Å². The van der Waals surface area contributed by atoms with Gasteiger partial charge in [0.05, 0.1) is 5.25 Å². The molecule has 1 amide bonds. The summed E-state index contributed by atoms with van der Waals surface area (Å²) < 4.78 is 6.56. The number of nitrogens with zero attached hydrogens (tertiary/aromatic N) is 2. The monoisotopic (exact) mass is 437 g/mol. The highest BCUT2D eigenvalue weighted by Gasteiger charge is 2.19. The predicted molar refractivity (Wildman–Crippen MR) is 103 cm³/mol. The quantitative estimate of drug-likeness (QED) is 0.549. The third-order valence-electron chi connectivity index (χ3n) is 3.24. The Bertz CT molecular complexity index is 886. The molecule has 8 heteroatoms. The lowest BCUT2D eigenvalue weighted by molar-refractivity contribution is -0.115. The summed E-state index contributed by atoms with van der Waals surface area (Å²) in [5, 5.41) is 11.4. The van der Waals surface area contributed by atoms with E-state index in [4.69, 9.17) is 16.0 Å². The lowest BCUT2D eigenvalue weighted by atomic mass is 10.2. The van der Waals surface area contributed by atoms with Crippen LogP contribution < -0.4 is 5.32 Å². The van der Waals surface area contributed by atoms with E-state index in [0.29, 0.717) is 16.1 Å². The molecule has 0 radical (unpaired) electrons. The highest BCUT2D eigenvalue weighted by atomic mass is 79.9. The average Bonchev–Trinajstić information content (AvgIpc) is 3.05. The number of carbonyl (C=O) groups excluding carboxylic acids is 1. The largest absolute Gasteiger partial charge is 0.411 e. The third-order valence-corrected chi connectivity index (χ3v) is 4.93. The van der Waals surface area contributed by atoms with Crippen molar-refractivity contribution in [3.05, 3.63) is 58.0 Å². The molecular formula is C17H13BrClN3O2S. The van der Waals surface area contributed by atoms with E-state index >= 15 is 0 Å². The van der Waals surface area contributed by atoms with Crippen LogP contribution in [-0.4, -0.2) is 21.4 Å². The lowest BCUT2D eigenvalue weighted by Crippen LogP contribution is -2.22. The summed E-state index contributed by atoms with van der Waals surface area (Å²) in [7, 11) is 0. The number of hydrogen-bond donors (Lipinski definition) is 1. The zero-order valence-corrected chi connectivity index (χ0v) is 16.2. The van der Waals surface area contributed by atoms with E-state index in [9.17, 15) is 4.79 Å². The molecule has 25 heavy (non-hydrogen) atoms. The summed E-state index contributed by atoms with van der Waals surface area (Å²) in [4.78, 5) is 12.3. The number of hydrogen-bond acceptors (Lipinski definition) is 5. The Morgan fingerprint density at radius 1 is 1.24 bits per heavy atom. The van der Waals surface area contributed by atoms with Crippen LogP contribution in [0.1, 0.15) is 6.92 Å². The zero-order valence-electron chi connectivity index (χ0n) is 13.1. The summed E-state index contributed by atoms with van der Waals surface area (Å²) in [6.45, 7) is 1.78. The summed E-state index contributed by atoms with van der Waals surface area (Å²) in [6.07, 6.45) is 0. The molecule has 0 saturated heterocycles. The van der Waals surface area contributed by atoms with Gasteiger partial charge in [-0.2, -0.15) is 0 Å². The molecule has 0 aliphatic rings. The molecule has 1 aromatic heterocycles. The van der Waals surface area contributed by atoms with Crippen LogP contribution in [0.3, 0.4) is 0 Å².